The van der Waals surface area contributed by atoms with Crippen molar-refractivity contribution in [3.8, 4) is 0 Å². The monoisotopic (exact) mass is 297 g/mol. The first kappa shape index (κ1) is 16.5. The molecule has 2 rings (SSSR count). The first-order chi connectivity index (χ1) is 9.26. The van der Waals surface area contributed by atoms with Gasteiger partial charge in [0.05, 0.1) is 0 Å². The smallest absolute Gasteiger partial charge is 0.250 e. The fourth-order valence-corrected chi connectivity index (χ4v) is 2.08. The number of rotatable bonds is 6. The number of H-pyrrole nitrogens is 1. The maximum Gasteiger partial charge on any atom is 0.250 e. The van der Waals surface area contributed by atoms with Crippen LogP contribution in [0.4, 0.5) is 0 Å². The van der Waals surface area contributed by atoms with Crippen LogP contribution < -0.4 is 11.1 Å². The van der Waals surface area contributed by atoms with Crippen LogP contribution in [0.3, 0.4) is 0 Å². The van der Waals surface area contributed by atoms with Crippen molar-refractivity contribution in [2.75, 3.05) is 20.2 Å². The van der Waals surface area contributed by atoms with Crippen LogP contribution in [0.25, 0.3) is 10.9 Å². The highest BCUT2D eigenvalue weighted by Gasteiger charge is 2.14. The summed E-state index contributed by atoms with van der Waals surface area (Å²) < 4.78 is 4.98. The van der Waals surface area contributed by atoms with Crippen LogP contribution in [0.5, 0.6) is 0 Å². The zero-order chi connectivity index (χ0) is 13.7. The Hall–Kier alpha value is -1.56. The summed E-state index contributed by atoms with van der Waals surface area (Å²) in [6.07, 6.45) is 2.19. The molecule has 0 radical (unpaired) electrons. The molecule has 0 bridgehead atoms. The number of aromatic amines is 1. The van der Waals surface area contributed by atoms with E-state index in [1.54, 1.807) is 0 Å². The average molecular weight is 298 g/mol. The van der Waals surface area contributed by atoms with Gasteiger partial charge in [-0.3, -0.25) is 4.79 Å². The van der Waals surface area contributed by atoms with Crippen molar-refractivity contribution in [1.29, 1.82) is 0 Å². The lowest BCUT2D eigenvalue weighted by molar-refractivity contribution is -0.130. The Labute approximate surface area is 124 Å². The number of hydrogen-bond donors (Lipinski definition) is 3. The molecule has 0 spiro atoms. The van der Waals surface area contributed by atoms with E-state index < -0.39 is 6.10 Å². The van der Waals surface area contributed by atoms with Gasteiger partial charge in [0, 0.05) is 37.3 Å². The number of methoxy groups -OCH3 is 1. The molecular weight excluding hydrogens is 278 g/mol. The Bertz CT molecular complexity index is 552. The number of amides is 1. The topological polar surface area (TPSA) is 80.1 Å². The van der Waals surface area contributed by atoms with Crippen LogP contribution in [0, 0.1) is 0 Å². The molecule has 0 saturated heterocycles. The van der Waals surface area contributed by atoms with Gasteiger partial charge in [0.25, 0.3) is 0 Å². The molecule has 5 nitrogen and oxygen atoms in total. The second-order valence-electron chi connectivity index (χ2n) is 4.36. The number of benzene rings is 1. The van der Waals surface area contributed by atoms with Crippen molar-refractivity contribution in [1.82, 2.24) is 10.3 Å². The predicted molar refractivity (Wildman–Crippen MR) is 82.1 cm³/mol. The molecule has 20 heavy (non-hydrogen) atoms. The van der Waals surface area contributed by atoms with E-state index in [4.69, 9.17) is 10.5 Å². The quantitative estimate of drug-likeness (QED) is 0.750. The SMILES string of the molecule is COC(CN)C(=O)NCCc1c[nH]c2ccccc12.Cl. The highest BCUT2D eigenvalue weighted by molar-refractivity contribution is 5.85. The molecule has 1 atom stereocenters. The molecule has 110 valence electrons. The molecule has 0 aliphatic rings. The van der Waals surface area contributed by atoms with Crippen LogP contribution in [0.15, 0.2) is 30.5 Å². The zero-order valence-corrected chi connectivity index (χ0v) is 12.2. The van der Waals surface area contributed by atoms with E-state index in [1.165, 1.54) is 18.1 Å². The standard InChI is InChI=1S/C14H19N3O2.ClH/c1-19-13(8-15)14(18)16-7-6-10-9-17-12-5-3-2-4-11(10)12;/h2-5,9,13,17H,6-8,15H2,1H3,(H,16,18);1H. The molecule has 0 aliphatic carbocycles. The molecule has 1 aromatic carbocycles. The molecule has 0 aliphatic heterocycles. The van der Waals surface area contributed by atoms with E-state index in [-0.39, 0.29) is 24.9 Å². The van der Waals surface area contributed by atoms with E-state index in [9.17, 15) is 4.79 Å². The van der Waals surface area contributed by atoms with Gasteiger partial charge in [-0.25, -0.2) is 0 Å². The van der Waals surface area contributed by atoms with Gasteiger partial charge >= 0.3 is 0 Å². The van der Waals surface area contributed by atoms with Gasteiger partial charge in [-0.2, -0.15) is 0 Å². The van der Waals surface area contributed by atoms with Crippen molar-refractivity contribution in [2.45, 2.75) is 12.5 Å². The Morgan fingerprint density at radius 2 is 2.20 bits per heavy atom. The van der Waals surface area contributed by atoms with Crippen molar-refractivity contribution < 1.29 is 9.53 Å². The van der Waals surface area contributed by atoms with Crippen LogP contribution in [-0.2, 0) is 16.0 Å². The molecule has 1 unspecified atom stereocenters. The first-order valence-electron chi connectivity index (χ1n) is 6.32. The summed E-state index contributed by atoms with van der Waals surface area (Å²) in [5.74, 6) is -0.162. The van der Waals surface area contributed by atoms with Gasteiger partial charge in [-0.05, 0) is 18.1 Å². The van der Waals surface area contributed by atoms with Gasteiger partial charge in [-0.15, -0.1) is 12.4 Å². The molecule has 1 aromatic heterocycles. The van der Waals surface area contributed by atoms with E-state index >= 15 is 0 Å². The fraction of sp³-hybridized carbons (Fsp3) is 0.357. The van der Waals surface area contributed by atoms with Gasteiger partial charge in [0.1, 0.15) is 6.10 Å². The van der Waals surface area contributed by atoms with Crippen LogP contribution in [0.2, 0.25) is 0 Å². The highest BCUT2D eigenvalue weighted by Crippen LogP contribution is 2.17. The molecule has 1 heterocycles. The maximum atomic E-state index is 11.7. The van der Waals surface area contributed by atoms with Crippen molar-refractivity contribution in [3.05, 3.63) is 36.0 Å². The summed E-state index contributed by atoms with van der Waals surface area (Å²) >= 11 is 0. The normalized spacial score (nSPS) is 11.9. The molecular formula is C14H20ClN3O2. The lowest BCUT2D eigenvalue weighted by Gasteiger charge is -2.12. The third kappa shape index (κ3) is 3.72. The Balaban J connectivity index is 0.00000200. The summed E-state index contributed by atoms with van der Waals surface area (Å²) in [7, 11) is 1.48. The predicted octanol–water partition coefficient (Wildman–Crippen LogP) is 1.22. The minimum absolute atomic E-state index is 0. The van der Waals surface area contributed by atoms with Gasteiger partial charge < -0.3 is 20.8 Å². The minimum Gasteiger partial charge on any atom is -0.370 e. The maximum absolute atomic E-state index is 11.7. The van der Waals surface area contributed by atoms with E-state index in [0.717, 1.165) is 11.9 Å². The Kier molecular flexibility index (Phi) is 6.51. The van der Waals surface area contributed by atoms with Gasteiger partial charge in [0.2, 0.25) is 5.91 Å². The molecule has 4 N–H and O–H groups in total. The second-order valence-corrected chi connectivity index (χ2v) is 4.36. The number of carbonyl (C=O) groups is 1. The molecule has 2 aromatic rings. The largest absolute Gasteiger partial charge is 0.370 e. The number of hydrogen-bond acceptors (Lipinski definition) is 3. The summed E-state index contributed by atoms with van der Waals surface area (Å²) in [6.45, 7) is 0.760. The second kappa shape index (κ2) is 7.89. The fourth-order valence-electron chi connectivity index (χ4n) is 2.08. The summed E-state index contributed by atoms with van der Waals surface area (Å²) in [6, 6.07) is 8.11. The highest BCUT2D eigenvalue weighted by atomic mass is 35.5. The zero-order valence-electron chi connectivity index (χ0n) is 11.4. The Morgan fingerprint density at radius 1 is 1.45 bits per heavy atom. The van der Waals surface area contributed by atoms with Gasteiger partial charge in [0.15, 0.2) is 0 Å². The third-order valence-electron chi connectivity index (χ3n) is 3.16. The number of nitrogens with two attached hydrogens (primary N) is 1. The van der Waals surface area contributed by atoms with E-state index in [1.807, 2.05) is 24.4 Å². The van der Waals surface area contributed by atoms with Crippen LogP contribution >= 0.6 is 12.4 Å². The lowest BCUT2D eigenvalue weighted by atomic mass is 10.1. The number of aromatic nitrogens is 1. The summed E-state index contributed by atoms with van der Waals surface area (Å²) in [4.78, 5) is 14.9. The van der Waals surface area contributed by atoms with Crippen LogP contribution in [-0.4, -0.2) is 37.2 Å². The number of nitrogens with one attached hydrogen (secondary N) is 2. The number of fused-ring (bicyclic) bond motifs is 1. The van der Waals surface area contributed by atoms with E-state index in [2.05, 4.69) is 16.4 Å². The molecule has 1 amide bonds. The first-order valence-corrected chi connectivity index (χ1v) is 6.32. The molecule has 6 heteroatoms. The number of carbonyl (C=O) groups excluding carboxylic acids is 1. The van der Waals surface area contributed by atoms with Gasteiger partial charge in [-0.1, -0.05) is 18.2 Å². The number of halogens is 1. The summed E-state index contributed by atoms with van der Waals surface area (Å²) in [5, 5.41) is 4.02. The average Bonchev–Trinajstić information content (AvgIpc) is 2.84. The van der Waals surface area contributed by atoms with Crippen LogP contribution in [0.1, 0.15) is 5.56 Å². The van der Waals surface area contributed by atoms with Crippen molar-refractivity contribution >= 4 is 29.2 Å². The third-order valence-corrected chi connectivity index (χ3v) is 3.16. The minimum atomic E-state index is -0.567. The van der Waals surface area contributed by atoms with Crippen molar-refractivity contribution in [2.24, 2.45) is 5.73 Å². The molecule has 0 fully saturated rings. The van der Waals surface area contributed by atoms with E-state index in [0.29, 0.717) is 6.54 Å². The Morgan fingerprint density at radius 3 is 2.90 bits per heavy atom. The molecule has 0 saturated carbocycles. The van der Waals surface area contributed by atoms with Crippen molar-refractivity contribution in [3.63, 3.8) is 0 Å². The number of para-hydroxylation sites is 1. The number of ether oxygens (including phenoxy) is 1. The lowest BCUT2D eigenvalue weighted by Crippen LogP contribution is -2.41. The summed E-state index contributed by atoms with van der Waals surface area (Å²) in [5.41, 5.74) is 7.74.